The second-order valence-corrected chi connectivity index (χ2v) is 7.71. The van der Waals surface area contributed by atoms with Crippen molar-refractivity contribution >= 4 is 34.7 Å². The molecule has 0 atom stereocenters. The Balaban J connectivity index is 2.01. The van der Waals surface area contributed by atoms with Gasteiger partial charge in [-0.05, 0) is 42.7 Å². The molecule has 1 aliphatic heterocycles. The average molecular weight is 421 g/mol. The molecule has 7 heteroatoms. The maximum atomic E-state index is 13.2. The summed E-state index contributed by atoms with van der Waals surface area (Å²) in [6.07, 6.45) is 0. The molecule has 0 radical (unpaired) electrons. The summed E-state index contributed by atoms with van der Waals surface area (Å²) in [5, 5.41) is 5.84. The Kier molecular flexibility index (Phi) is 6.74. The standard InChI is InChI=1S/C24H27N3O4/c1-5-31-20-8-6-7-19(13-20)26-22-21(23(29)27(24(22)30)14-15(2)3)17-9-11-18(12-10-17)25-16(4)28/h6-13,15,26H,5,14H2,1-4H3,(H,25,28). The highest BCUT2D eigenvalue weighted by Crippen LogP contribution is 2.32. The summed E-state index contributed by atoms with van der Waals surface area (Å²) in [6.45, 7) is 8.10. The summed E-state index contributed by atoms with van der Waals surface area (Å²) in [5.41, 5.74) is 2.41. The van der Waals surface area contributed by atoms with Gasteiger partial charge in [-0.3, -0.25) is 19.3 Å². The van der Waals surface area contributed by atoms with Crippen LogP contribution in [0.5, 0.6) is 5.75 Å². The van der Waals surface area contributed by atoms with E-state index in [0.717, 1.165) is 0 Å². The lowest BCUT2D eigenvalue weighted by molar-refractivity contribution is -0.137. The van der Waals surface area contributed by atoms with Gasteiger partial charge in [0.25, 0.3) is 11.8 Å². The van der Waals surface area contributed by atoms with Gasteiger partial charge < -0.3 is 15.4 Å². The molecule has 7 nitrogen and oxygen atoms in total. The minimum Gasteiger partial charge on any atom is -0.494 e. The van der Waals surface area contributed by atoms with Crippen LogP contribution in [0.2, 0.25) is 0 Å². The molecule has 0 saturated carbocycles. The molecule has 0 unspecified atom stereocenters. The molecule has 2 aromatic carbocycles. The fourth-order valence-electron chi connectivity index (χ4n) is 3.39. The number of imide groups is 1. The van der Waals surface area contributed by atoms with Gasteiger partial charge >= 0.3 is 0 Å². The van der Waals surface area contributed by atoms with Crippen molar-refractivity contribution in [1.29, 1.82) is 0 Å². The Morgan fingerprint density at radius 3 is 2.35 bits per heavy atom. The molecule has 2 aromatic rings. The van der Waals surface area contributed by atoms with Crippen molar-refractivity contribution in [2.45, 2.75) is 27.7 Å². The number of nitrogens with zero attached hydrogens (tertiary/aromatic N) is 1. The van der Waals surface area contributed by atoms with Crippen molar-refractivity contribution in [3.05, 3.63) is 59.8 Å². The van der Waals surface area contributed by atoms with Crippen molar-refractivity contribution in [2.24, 2.45) is 5.92 Å². The van der Waals surface area contributed by atoms with E-state index in [4.69, 9.17) is 4.74 Å². The van der Waals surface area contributed by atoms with Crippen molar-refractivity contribution in [3.8, 4) is 5.75 Å². The van der Waals surface area contributed by atoms with Crippen LogP contribution in [0.4, 0.5) is 11.4 Å². The molecule has 2 N–H and O–H groups in total. The predicted octanol–water partition coefficient (Wildman–Crippen LogP) is 3.89. The van der Waals surface area contributed by atoms with Gasteiger partial charge in [0.2, 0.25) is 5.91 Å². The second kappa shape index (κ2) is 9.47. The normalized spacial score (nSPS) is 13.8. The Hall–Kier alpha value is -3.61. The summed E-state index contributed by atoms with van der Waals surface area (Å²) in [6, 6.07) is 14.1. The van der Waals surface area contributed by atoms with Crippen LogP contribution >= 0.6 is 0 Å². The van der Waals surface area contributed by atoms with Gasteiger partial charge in [0.05, 0.1) is 12.2 Å². The number of nitrogens with one attached hydrogen (secondary N) is 2. The fraction of sp³-hybridized carbons (Fsp3) is 0.292. The van der Waals surface area contributed by atoms with Gasteiger partial charge in [0, 0.05) is 30.9 Å². The highest BCUT2D eigenvalue weighted by molar-refractivity contribution is 6.36. The fourth-order valence-corrected chi connectivity index (χ4v) is 3.39. The van der Waals surface area contributed by atoms with Crippen molar-refractivity contribution < 1.29 is 19.1 Å². The number of carbonyl (C=O) groups is 3. The maximum Gasteiger partial charge on any atom is 0.278 e. The molecule has 0 saturated heterocycles. The highest BCUT2D eigenvalue weighted by Gasteiger charge is 2.39. The lowest BCUT2D eigenvalue weighted by Gasteiger charge is -2.17. The van der Waals surface area contributed by atoms with Crippen LogP contribution in [0, 0.1) is 5.92 Å². The first-order valence-electron chi connectivity index (χ1n) is 10.3. The predicted molar refractivity (Wildman–Crippen MR) is 120 cm³/mol. The first-order valence-corrected chi connectivity index (χ1v) is 10.3. The number of anilines is 2. The smallest absolute Gasteiger partial charge is 0.278 e. The molecule has 3 rings (SSSR count). The summed E-state index contributed by atoms with van der Waals surface area (Å²) >= 11 is 0. The number of rotatable bonds is 8. The number of carbonyl (C=O) groups excluding carboxylic acids is 3. The van der Waals surface area contributed by atoms with Crippen LogP contribution in [0.25, 0.3) is 5.57 Å². The molecule has 3 amide bonds. The van der Waals surface area contributed by atoms with E-state index in [1.54, 1.807) is 30.3 Å². The zero-order valence-corrected chi connectivity index (χ0v) is 18.2. The van der Waals surface area contributed by atoms with Crippen molar-refractivity contribution in [1.82, 2.24) is 4.90 Å². The molecule has 1 heterocycles. The Bertz CT molecular complexity index is 1030. The summed E-state index contributed by atoms with van der Waals surface area (Å²) in [5.74, 6) is -0.0725. The SMILES string of the molecule is CCOc1cccc(NC2=C(c3ccc(NC(C)=O)cc3)C(=O)N(CC(C)C)C2=O)c1. The molecule has 0 aromatic heterocycles. The molecule has 0 fully saturated rings. The van der Waals surface area contributed by atoms with Crippen LogP contribution in [-0.4, -0.2) is 35.8 Å². The van der Waals surface area contributed by atoms with Crippen LogP contribution in [0.1, 0.15) is 33.3 Å². The van der Waals surface area contributed by atoms with E-state index < -0.39 is 0 Å². The summed E-state index contributed by atoms with van der Waals surface area (Å²) < 4.78 is 5.54. The third kappa shape index (κ3) is 5.12. The quantitative estimate of drug-likeness (QED) is 0.632. The molecule has 31 heavy (non-hydrogen) atoms. The molecule has 162 valence electrons. The van der Waals surface area contributed by atoms with Crippen molar-refractivity contribution in [2.75, 3.05) is 23.8 Å². The third-order valence-electron chi connectivity index (χ3n) is 4.62. The molecule has 0 spiro atoms. The van der Waals surface area contributed by atoms with E-state index in [1.165, 1.54) is 11.8 Å². The third-order valence-corrected chi connectivity index (χ3v) is 4.62. The number of hydrogen-bond acceptors (Lipinski definition) is 5. The Morgan fingerprint density at radius 2 is 1.74 bits per heavy atom. The summed E-state index contributed by atoms with van der Waals surface area (Å²) in [7, 11) is 0. The minimum atomic E-state index is -0.360. The second-order valence-electron chi connectivity index (χ2n) is 7.71. The lowest BCUT2D eigenvalue weighted by Crippen LogP contribution is -2.35. The topological polar surface area (TPSA) is 87.7 Å². The van der Waals surface area contributed by atoms with Gasteiger partial charge in [0.15, 0.2) is 0 Å². The molecule has 1 aliphatic rings. The zero-order chi connectivity index (χ0) is 22.5. The van der Waals surface area contributed by atoms with Gasteiger partial charge in [-0.15, -0.1) is 0 Å². The molecule has 0 bridgehead atoms. The van der Waals surface area contributed by atoms with E-state index in [2.05, 4.69) is 10.6 Å². The number of amides is 3. The minimum absolute atomic E-state index is 0.136. The van der Waals surface area contributed by atoms with Gasteiger partial charge in [-0.25, -0.2) is 0 Å². The van der Waals surface area contributed by atoms with Crippen LogP contribution in [0.15, 0.2) is 54.2 Å². The summed E-state index contributed by atoms with van der Waals surface area (Å²) in [4.78, 5) is 38.9. The van der Waals surface area contributed by atoms with Crippen LogP contribution < -0.4 is 15.4 Å². The Labute approximate surface area is 182 Å². The van der Waals surface area contributed by atoms with E-state index in [0.29, 0.717) is 41.4 Å². The zero-order valence-electron chi connectivity index (χ0n) is 18.2. The monoisotopic (exact) mass is 421 g/mol. The lowest BCUT2D eigenvalue weighted by atomic mass is 10.0. The first kappa shape index (κ1) is 22.1. The Morgan fingerprint density at radius 1 is 1.03 bits per heavy atom. The van der Waals surface area contributed by atoms with Gasteiger partial charge in [-0.1, -0.05) is 32.0 Å². The molecular formula is C24H27N3O4. The van der Waals surface area contributed by atoms with Crippen molar-refractivity contribution in [3.63, 3.8) is 0 Å². The van der Waals surface area contributed by atoms with Crippen LogP contribution in [0.3, 0.4) is 0 Å². The maximum absolute atomic E-state index is 13.2. The largest absolute Gasteiger partial charge is 0.494 e. The van der Waals surface area contributed by atoms with Gasteiger partial charge in [0.1, 0.15) is 11.4 Å². The van der Waals surface area contributed by atoms with E-state index in [-0.39, 0.29) is 29.3 Å². The van der Waals surface area contributed by atoms with E-state index in [9.17, 15) is 14.4 Å². The molecular weight excluding hydrogens is 394 g/mol. The number of hydrogen-bond donors (Lipinski definition) is 2. The van der Waals surface area contributed by atoms with Gasteiger partial charge in [-0.2, -0.15) is 0 Å². The number of ether oxygens (including phenoxy) is 1. The van der Waals surface area contributed by atoms with E-state index in [1.807, 2.05) is 39.0 Å². The first-order chi connectivity index (χ1) is 14.8. The van der Waals surface area contributed by atoms with E-state index >= 15 is 0 Å². The molecule has 0 aliphatic carbocycles. The average Bonchev–Trinajstić information content (AvgIpc) is 2.93. The van der Waals surface area contributed by atoms with Crippen LogP contribution in [-0.2, 0) is 14.4 Å². The number of benzene rings is 2. The highest BCUT2D eigenvalue weighted by atomic mass is 16.5.